The summed E-state index contributed by atoms with van der Waals surface area (Å²) < 4.78 is 0. The summed E-state index contributed by atoms with van der Waals surface area (Å²) in [6.45, 7) is 6.67. The standard InChI is InChI=1S/C16H26N2S/c1-16(2,3)14-9-19-15(18-14)8-13(17)12-7-10-4-5-11(12)6-10/h9-13H,4-8,17H2,1-3H3. The van der Waals surface area contributed by atoms with Crippen molar-refractivity contribution in [2.24, 2.45) is 23.5 Å². The second-order valence-electron chi connectivity index (χ2n) is 7.58. The van der Waals surface area contributed by atoms with Crippen molar-refractivity contribution >= 4 is 11.3 Å². The lowest BCUT2D eigenvalue weighted by Crippen LogP contribution is -2.35. The van der Waals surface area contributed by atoms with E-state index in [0.717, 1.165) is 24.2 Å². The van der Waals surface area contributed by atoms with Gasteiger partial charge >= 0.3 is 0 Å². The first kappa shape index (κ1) is 13.6. The quantitative estimate of drug-likeness (QED) is 0.914. The molecule has 0 aromatic carbocycles. The van der Waals surface area contributed by atoms with E-state index in [2.05, 4.69) is 26.2 Å². The lowest BCUT2D eigenvalue weighted by atomic mass is 9.82. The van der Waals surface area contributed by atoms with E-state index in [0.29, 0.717) is 6.04 Å². The van der Waals surface area contributed by atoms with Gasteiger partial charge in [0.2, 0.25) is 0 Å². The Hall–Kier alpha value is -0.410. The normalized spacial score (nSPS) is 31.9. The summed E-state index contributed by atoms with van der Waals surface area (Å²) in [7, 11) is 0. The van der Waals surface area contributed by atoms with Gasteiger partial charge in [-0.25, -0.2) is 4.98 Å². The molecule has 2 aliphatic rings. The van der Waals surface area contributed by atoms with Crippen LogP contribution in [0, 0.1) is 17.8 Å². The van der Waals surface area contributed by atoms with Crippen molar-refractivity contribution in [3.8, 4) is 0 Å². The molecule has 2 saturated carbocycles. The fourth-order valence-corrected chi connectivity index (χ4v) is 5.01. The molecule has 0 radical (unpaired) electrons. The minimum absolute atomic E-state index is 0.158. The number of rotatable bonds is 3. The number of aromatic nitrogens is 1. The molecule has 1 aromatic heterocycles. The van der Waals surface area contributed by atoms with Crippen LogP contribution >= 0.6 is 11.3 Å². The van der Waals surface area contributed by atoms with E-state index < -0.39 is 0 Å². The number of fused-ring (bicyclic) bond motifs is 2. The van der Waals surface area contributed by atoms with Crippen molar-refractivity contribution in [1.29, 1.82) is 0 Å². The fraction of sp³-hybridized carbons (Fsp3) is 0.812. The van der Waals surface area contributed by atoms with Crippen LogP contribution in [0.15, 0.2) is 5.38 Å². The van der Waals surface area contributed by atoms with Crippen LogP contribution in [0.25, 0.3) is 0 Å². The molecule has 0 saturated heterocycles. The highest BCUT2D eigenvalue weighted by atomic mass is 32.1. The molecule has 2 nitrogen and oxygen atoms in total. The topological polar surface area (TPSA) is 38.9 Å². The summed E-state index contributed by atoms with van der Waals surface area (Å²) in [6.07, 6.45) is 6.69. The minimum Gasteiger partial charge on any atom is -0.327 e. The van der Waals surface area contributed by atoms with Crippen LogP contribution in [0.5, 0.6) is 0 Å². The molecule has 2 aliphatic carbocycles. The predicted molar refractivity (Wildman–Crippen MR) is 81.4 cm³/mol. The lowest BCUT2D eigenvalue weighted by molar-refractivity contribution is 0.280. The summed E-state index contributed by atoms with van der Waals surface area (Å²) in [6, 6.07) is 0.328. The maximum Gasteiger partial charge on any atom is 0.0944 e. The van der Waals surface area contributed by atoms with E-state index >= 15 is 0 Å². The van der Waals surface area contributed by atoms with E-state index in [9.17, 15) is 0 Å². The summed E-state index contributed by atoms with van der Waals surface area (Å²) >= 11 is 1.79. The van der Waals surface area contributed by atoms with Crippen LogP contribution in [-0.2, 0) is 11.8 Å². The third kappa shape index (κ3) is 2.73. The van der Waals surface area contributed by atoms with Gasteiger partial charge in [-0.15, -0.1) is 11.3 Å². The second-order valence-corrected chi connectivity index (χ2v) is 8.53. The second kappa shape index (κ2) is 4.85. The average molecular weight is 278 g/mol. The van der Waals surface area contributed by atoms with Crippen molar-refractivity contribution in [2.75, 3.05) is 0 Å². The molecule has 3 rings (SSSR count). The predicted octanol–water partition coefficient (Wildman–Crippen LogP) is 3.75. The molecule has 2 fully saturated rings. The smallest absolute Gasteiger partial charge is 0.0944 e. The molecule has 0 aliphatic heterocycles. The molecular formula is C16H26N2S. The summed E-state index contributed by atoms with van der Waals surface area (Å²) in [5.74, 6) is 2.67. The van der Waals surface area contributed by atoms with Crippen molar-refractivity contribution in [1.82, 2.24) is 4.98 Å². The van der Waals surface area contributed by atoms with Gasteiger partial charge in [0.15, 0.2) is 0 Å². The van der Waals surface area contributed by atoms with Gasteiger partial charge in [0.25, 0.3) is 0 Å². The van der Waals surface area contributed by atoms with E-state index in [1.165, 1.54) is 36.4 Å². The molecule has 4 unspecified atom stereocenters. The summed E-state index contributed by atoms with van der Waals surface area (Å²) in [5.41, 5.74) is 7.86. The Morgan fingerprint density at radius 2 is 2.16 bits per heavy atom. The molecule has 2 N–H and O–H groups in total. The largest absolute Gasteiger partial charge is 0.327 e. The molecule has 0 spiro atoms. The monoisotopic (exact) mass is 278 g/mol. The average Bonchev–Trinajstić information content (AvgIpc) is 3.02. The molecular weight excluding hydrogens is 252 g/mol. The molecule has 3 heteroatoms. The summed E-state index contributed by atoms with van der Waals surface area (Å²) in [4.78, 5) is 4.79. The molecule has 106 valence electrons. The molecule has 2 bridgehead atoms. The molecule has 1 aromatic rings. The maximum atomic E-state index is 6.48. The van der Waals surface area contributed by atoms with Gasteiger partial charge in [0, 0.05) is 23.3 Å². The van der Waals surface area contributed by atoms with E-state index in [-0.39, 0.29) is 5.41 Å². The Balaban J connectivity index is 1.63. The highest BCUT2D eigenvalue weighted by molar-refractivity contribution is 7.09. The van der Waals surface area contributed by atoms with Crippen molar-refractivity contribution in [2.45, 2.75) is 64.3 Å². The Morgan fingerprint density at radius 3 is 2.68 bits per heavy atom. The Morgan fingerprint density at radius 1 is 1.37 bits per heavy atom. The highest BCUT2D eigenvalue weighted by Gasteiger charge is 2.42. The minimum atomic E-state index is 0.158. The van der Waals surface area contributed by atoms with Crippen LogP contribution in [0.1, 0.15) is 57.2 Å². The maximum absolute atomic E-state index is 6.48. The first-order valence-corrected chi connectivity index (χ1v) is 8.52. The van der Waals surface area contributed by atoms with Crippen LogP contribution in [0.2, 0.25) is 0 Å². The van der Waals surface area contributed by atoms with Gasteiger partial charge in [0.1, 0.15) is 0 Å². The van der Waals surface area contributed by atoms with Gasteiger partial charge in [-0.05, 0) is 37.0 Å². The van der Waals surface area contributed by atoms with Gasteiger partial charge in [0.05, 0.1) is 10.7 Å². The van der Waals surface area contributed by atoms with Gasteiger partial charge in [-0.1, -0.05) is 27.2 Å². The first-order chi connectivity index (χ1) is 8.93. The van der Waals surface area contributed by atoms with E-state index in [1.54, 1.807) is 11.3 Å². The zero-order chi connectivity index (χ0) is 13.6. The van der Waals surface area contributed by atoms with Crippen molar-refractivity contribution in [3.05, 3.63) is 16.1 Å². The van der Waals surface area contributed by atoms with Crippen LogP contribution in [-0.4, -0.2) is 11.0 Å². The van der Waals surface area contributed by atoms with Crippen molar-refractivity contribution in [3.63, 3.8) is 0 Å². The number of hydrogen-bond acceptors (Lipinski definition) is 3. The van der Waals surface area contributed by atoms with E-state index in [1.807, 2.05) is 0 Å². The number of thiazole rings is 1. The zero-order valence-electron chi connectivity index (χ0n) is 12.4. The molecule has 4 atom stereocenters. The SMILES string of the molecule is CC(C)(C)c1csc(CC(N)C2CC3CCC2C3)n1. The lowest BCUT2D eigenvalue weighted by Gasteiger charge is -2.27. The third-order valence-corrected chi connectivity index (χ3v) is 5.94. The number of hydrogen-bond donors (Lipinski definition) is 1. The number of nitrogens with zero attached hydrogens (tertiary/aromatic N) is 1. The molecule has 19 heavy (non-hydrogen) atoms. The van der Waals surface area contributed by atoms with Gasteiger partial charge in [-0.2, -0.15) is 0 Å². The first-order valence-electron chi connectivity index (χ1n) is 7.64. The van der Waals surface area contributed by atoms with Crippen LogP contribution in [0.3, 0.4) is 0 Å². The highest BCUT2D eigenvalue weighted by Crippen LogP contribution is 2.49. The Bertz CT molecular complexity index is 446. The Kier molecular flexibility index (Phi) is 3.46. The summed E-state index contributed by atoms with van der Waals surface area (Å²) in [5, 5.41) is 3.45. The molecule has 0 amide bonds. The van der Waals surface area contributed by atoms with Crippen LogP contribution < -0.4 is 5.73 Å². The molecule has 1 heterocycles. The van der Waals surface area contributed by atoms with Crippen LogP contribution in [0.4, 0.5) is 0 Å². The van der Waals surface area contributed by atoms with Crippen molar-refractivity contribution < 1.29 is 0 Å². The fourth-order valence-electron chi connectivity index (χ4n) is 3.92. The third-order valence-electron chi connectivity index (χ3n) is 5.07. The zero-order valence-corrected chi connectivity index (χ0v) is 13.2. The van der Waals surface area contributed by atoms with Gasteiger partial charge < -0.3 is 5.73 Å². The van der Waals surface area contributed by atoms with Gasteiger partial charge in [-0.3, -0.25) is 0 Å². The number of nitrogens with two attached hydrogens (primary N) is 1. The van der Waals surface area contributed by atoms with E-state index in [4.69, 9.17) is 10.7 Å². The Labute approximate surface area is 120 Å².